The van der Waals surface area contributed by atoms with E-state index in [1.54, 1.807) is 17.0 Å². The number of carbonyl (C=O) groups is 2. The smallest absolute Gasteiger partial charge is 0.473 e. The molecule has 0 aliphatic carbocycles. The van der Waals surface area contributed by atoms with Crippen LogP contribution in [-0.4, -0.2) is 69.1 Å². The van der Waals surface area contributed by atoms with Crippen LogP contribution in [0.1, 0.15) is 47.8 Å². The molecule has 1 amide bonds. The van der Waals surface area contributed by atoms with Gasteiger partial charge in [0.2, 0.25) is 0 Å². The lowest BCUT2D eigenvalue weighted by molar-refractivity contribution is -0.169. The summed E-state index contributed by atoms with van der Waals surface area (Å²) in [5.74, 6) is -4.53. The zero-order valence-corrected chi connectivity index (χ0v) is 23.1. The summed E-state index contributed by atoms with van der Waals surface area (Å²) < 4.78 is 71.2. The molecule has 0 spiro atoms. The van der Waals surface area contributed by atoms with Gasteiger partial charge in [-0.3, -0.25) is 9.59 Å². The molecule has 13 heteroatoms. The van der Waals surface area contributed by atoms with Crippen molar-refractivity contribution in [1.29, 1.82) is 5.26 Å². The number of aliphatic imine (C=N–C) groups is 1. The number of rotatable bonds is 6. The van der Waals surface area contributed by atoms with Crippen molar-refractivity contribution in [2.45, 2.75) is 38.9 Å². The Kier molecular flexibility index (Phi) is 7.89. The fourth-order valence-corrected chi connectivity index (χ4v) is 4.83. The van der Waals surface area contributed by atoms with Crippen molar-refractivity contribution >= 4 is 23.2 Å². The Balaban J connectivity index is 1.80. The molecule has 0 radical (unpaired) electrons. The van der Waals surface area contributed by atoms with Crippen LogP contribution in [0.4, 0.5) is 23.2 Å². The summed E-state index contributed by atoms with van der Waals surface area (Å²) in [6, 6.07) is 6.67. The molecule has 0 aromatic heterocycles. The van der Waals surface area contributed by atoms with Crippen molar-refractivity contribution in [3.8, 4) is 23.3 Å². The van der Waals surface area contributed by atoms with Crippen molar-refractivity contribution in [2.24, 2.45) is 4.99 Å². The van der Waals surface area contributed by atoms with E-state index in [1.807, 2.05) is 20.8 Å². The van der Waals surface area contributed by atoms with E-state index in [4.69, 9.17) is 14.2 Å². The number of amides is 1. The Morgan fingerprint density at radius 2 is 1.83 bits per heavy atom. The molecule has 0 saturated heterocycles. The number of benzene rings is 2. The van der Waals surface area contributed by atoms with Gasteiger partial charge in [0.15, 0.2) is 23.1 Å². The summed E-state index contributed by atoms with van der Waals surface area (Å²) in [4.78, 5) is 31.6. The minimum Gasteiger partial charge on any atom is -0.493 e. The molecule has 0 bridgehead atoms. The van der Waals surface area contributed by atoms with E-state index in [1.165, 1.54) is 13.2 Å². The van der Waals surface area contributed by atoms with Crippen molar-refractivity contribution in [1.82, 2.24) is 4.90 Å². The molecule has 0 fully saturated rings. The van der Waals surface area contributed by atoms with Gasteiger partial charge in [-0.2, -0.15) is 23.4 Å². The third-order valence-corrected chi connectivity index (χ3v) is 6.77. The van der Waals surface area contributed by atoms with Crippen LogP contribution in [0, 0.1) is 17.1 Å². The fraction of sp³-hybridized carbons (Fsp3) is 0.429. The first-order chi connectivity index (χ1) is 19.2. The number of anilines is 1. The maximum Gasteiger partial charge on any atom is 0.473 e. The lowest BCUT2D eigenvalue weighted by Gasteiger charge is -2.34. The van der Waals surface area contributed by atoms with Crippen LogP contribution in [0.2, 0.25) is 0 Å². The highest BCUT2D eigenvalue weighted by Crippen LogP contribution is 2.43. The van der Waals surface area contributed by atoms with Crippen LogP contribution >= 0.6 is 0 Å². The van der Waals surface area contributed by atoms with Crippen molar-refractivity contribution in [3.05, 3.63) is 46.3 Å². The Bertz CT molecular complexity index is 1470. The lowest BCUT2D eigenvalue weighted by atomic mass is 9.84. The predicted octanol–water partition coefficient (Wildman–Crippen LogP) is 4.40. The Morgan fingerprint density at radius 1 is 1.12 bits per heavy atom. The number of nitrogens with zero attached hydrogens (tertiary/aromatic N) is 4. The number of alkyl halides is 3. The normalized spacial score (nSPS) is 15.7. The van der Waals surface area contributed by atoms with Gasteiger partial charge in [0, 0.05) is 17.7 Å². The third kappa shape index (κ3) is 5.64. The number of nitriles is 1. The summed E-state index contributed by atoms with van der Waals surface area (Å²) in [6.45, 7) is 5.86. The van der Waals surface area contributed by atoms with Gasteiger partial charge in [0.25, 0.3) is 0 Å². The first-order valence-corrected chi connectivity index (χ1v) is 12.6. The fourth-order valence-electron chi connectivity index (χ4n) is 4.83. The molecule has 0 unspecified atom stereocenters. The number of amidine groups is 1. The highest BCUT2D eigenvalue weighted by Gasteiger charge is 2.42. The number of Topliss-reactive ketones (excluding diaryl/α,β-unsaturated/α-hetero) is 1. The largest absolute Gasteiger partial charge is 0.493 e. The van der Waals surface area contributed by atoms with Crippen LogP contribution in [0.5, 0.6) is 17.2 Å². The first kappa shape index (κ1) is 29.6. The average Bonchev–Trinajstić information content (AvgIpc) is 3.23. The minimum absolute atomic E-state index is 0.0134. The van der Waals surface area contributed by atoms with E-state index in [0.29, 0.717) is 30.2 Å². The van der Waals surface area contributed by atoms with Gasteiger partial charge in [-0.25, -0.2) is 4.39 Å². The zero-order valence-electron chi connectivity index (χ0n) is 23.1. The Morgan fingerprint density at radius 3 is 2.41 bits per heavy atom. The average molecular weight is 577 g/mol. The summed E-state index contributed by atoms with van der Waals surface area (Å²) in [5.41, 5.74) is 0.753. The molecule has 2 heterocycles. The minimum atomic E-state index is -5.32. The van der Waals surface area contributed by atoms with Crippen molar-refractivity contribution < 1.29 is 41.4 Å². The SMILES string of the molecule is COc1cc2c(c(F)c1OC)/C(=N/C(=O)C(F)(F)F)N(CC(=O)c1cc3c(c(C(C)(C)C)c1)OCCN3CC#N)C2. The number of carbonyl (C=O) groups excluding carboxylic acids is 2. The summed E-state index contributed by atoms with van der Waals surface area (Å²) >= 11 is 0. The maximum absolute atomic E-state index is 15.5. The quantitative estimate of drug-likeness (QED) is 0.283. The summed E-state index contributed by atoms with van der Waals surface area (Å²) in [7, 11) is 2.42. The van der Waals surface area contributed by atoms with Crippen molar-refractivity contribution in [2.75, 3.05) is 45.4 Å². The van der Waals surface area contributed by atoms with Crippen LogP contribution in [0.3, 0.4) is 0 Å². The molecule has 4 rings (SSSR count). The molecule has 2 aromatic carbocycles. The molecular weight excluding hydrogens is 548 g/mol. The number of ketones is 1. The van der Waals surface area contributed by atoms with E-state index in [2.05, 4.69) is 11.1 Å². The number of hydrogen-bond donors (Lipinski definition) is 0. The second-order valence-corrected chi connectivity index (χ2v) is 10.5. The highest BCUT2D eigenvalue weighted by atomic mass is 19.4. The number of hydrogen-bond acceptors (Lipinski definition) is 7. The molecular formula is C28H28F4N4O5. The molecule has 41 heavy (non-hydrogen) atoms. The molecule has 2 aliphatic heterocycles. The number of methoxy groups -OCH3 is 2. The molecule has 2 aliphatic rings. The van der Waals surface area contributed by atoms with Gasteiger partial charge < -0.3 is 24.0 Å². The van der Waals surface area contributed by atoms with E-state index < -0.39 is 41.5 Å². The second-order valence-electron chi connectivity index (χ2n) is 10.5. The third-order valence-electron chi connectivity index (χ3n) is 6.77. The highest BCUT2D eigenvalue weighted by molar-refractivity contribution is 6.11. The van der Waals surface area contributed by atoms with E-state index >= 15 is 4.39 Å². The Labute approximate surface area is 233 Å². The lowest BCUT2D eigenvalue weighted by Crippen LogP contribution is -2.35. The number of halogens is 4. The van der Waals surface area contributed by atoms with E-state index in [0.717, 1.165) is 12.0 Å². The molecule has 218 valence electrons. The first-order valence-electron chi connectivity index (χ1n) is 12.6. The van der Waals surface area contributed by atoms with Gasteiger partial charge in [-0.1, -0.05) is 20.8 Å². The molecule has 9 nitrogen and oxygen atoms in total. The molecule has 0 N–H and O–H groups in total. The summed E-state index contributed by atoms with van der Waals surface area (Å²) in [6.07, 6.45) is -5.32. The van der Waals surface area contributed by atoms with Gasteiger partial charge in [-0.05, 0) is 29.2 Å². The monoisotopic (exact) mass is 576 g/mol. The summed E-state index contributed by atoms with van der Waals surface area (Å²) in [5, 5.41) is 9.31. The molecule has 2 aromatic rings. The van der Waals surface area contributed by atoms with Gasteiger partial charge in [-0.15, -0.1) is 0 Å². The maximum atomic E-state index is 15.5. The Hall–Kier alpha value is -4.34. The van der Waals surface area contributed by atoms with Crippen molar-refractivity contribution in [3.63, 3.8) is 0 Å². The predicted molar refractivity (Wildman–Crippen MR) is 140 cm³/mol. The van der Waals surface area contributed by atoms with Crippen LogP contribution in [0.15, 0.2) is 23.2 Å². The van der Waals surface area contributed by atoms with Gasteiger partial charge in [0.1, 0.15) is 24.7 Å². The van der Waals surface area contributed by atoms with Gasteiger partial charge >= 0.3 is 12.1 Å². The van der Waals surface area contributed by atoms with Crippen LogP contribution in [-0.2, 0) is 16.8 Å². The van der Waals surface area contributed by atoms with E-state index in [-0.39, 0.29) is 41.3 Å². The number of ether oxygens (including phenoxy) is 3. The topological polar surface area (TPSA) is 104 Å². The zero-order chi connectivity index (χ0) is 30.3. The van der Waals surface area contributed by atoms with Crippen LogP contribution in [0.25, 0.3) is 0 Å². The molecule has 0 atom stereocenters. The van der Waals surface area contributed by atoms with Crippen LogP contribution < -0.4 is 19.1 Å². The standard InChI is InChI=1S/C28H28F4N4O5/c1-27(2,3)17-10-15(11-18-23(17)41-9-8-35(18)7-6-33)19(37)14-36-13-16-12-20(39-4)24(40-5)22(29)21(16)25(36)34-26(38)28(30,31)32/h10-12H,7-9,13-14H2,1-5H3/b34-25-. The number of fused-ring (bicyclic) bond motifs is 2. The van der Waals surface area contributed by atoms with E-state index in [9.17, 15) is 28.0 Å². The second kappa shape index (κ2) is 10.9. The molecule has 0 saturated carbocycles. The van der Waals surface area contributed by atoms with Gasteiger partial charge in [0.05, 0.1) is 44.6 Å².